The van der Waals surface area contributed by atoms with Gasteiger partial charge < -0.3 is 5.11 Å². The summed E-state index contributed by atoms with van der Waals surface area (Å²) in [6, 6.07) is 15.9. The molecule has 0 aliphatic rings. The van der Waals surface area contributed by atoms with Crippen LogP contribution in [0.5, 0.6) is 0 Å². The third-order valence-corrected chi connectivity index (χ3v) is 3.88. The molecule has 0 radical (unpaired) electrons. The van der Waals surface area contributed by atoms with E-state index in [9.17, 15) is 14.4 Å². The molecule has 0 aliphatic carbocycles. The first-order chi connectivity index (χ1) is 11.5. The monoisotopic (exact) mass is 324 g/mol. The van der Waals surface area contributed by atoms with E-state index in [1.807, 2.05) is 13.0 Å². The summed E-state index contributed by atoms with van der Waals surface area (Å²) >= 11 is 0. The lowest BCUT2D eigenvalue weighted by Gasteiger charge is -2.15. The summed E-state index contributed by atoms with van der Waals surface area (Å²) in [7, 11) is 0. The van der Waals surface area contributed by atoms with Gasteiger partial charge in [0.15, 0.2) is 11.6 Å². The van der Waals surface area contributed by atoms with E-state index in [4.69, 9.17) is 5.11 Å². The van der Waals surface area contributed by atoms with Gasteiger partial charge in [-0.05, 0) is 18.1 Å². The second kappa shape index (κ2) is 8.20. The SMILES string of the molecule is CCCC(C(=O)CC(=O)O)c1cccc(C(=O)c2ccccc2)c1. The van der Waals surface area contributed by atoms with Crippen LogP contribution in [0.2, 0.25) is 0 Å². The molecule has 1 N–H and O–H groups in total. The average molecular weight is 324 g/mol. The zero-order valence-electron chi connectivity index (χ0n) is 13.6. The van der Waals surface area contributed by atoms with Gasteiger partial charge in [0.1, 0.15) is 6.42 Å². The molecule has 0 heterocycles. The number of rotatable bonds is 8. The Morgan fingerprint density at radius 1 is 0.958 bits per heavy atom. The number of aliphatic carboxylic acids is 1. The van der Waals surface area contributed by atoms with Crippen molar-refractivity contribution in [1.82, 2.24) is 0 Å². The second-order valence-electron chi connectivity index (χ2n) is 5.70. The van der Waals surface area contributed by atoms with E-state index in [2.05, 4.69) is 0 Å². The Labute approximate surface area is 141 Å². The summed E-state index contributed by atoms with van der Waals surface area (Å²) in [5, 5.41) is 8.86. The van der Waals surface area contributed by atoms with E-state index < -0.39 is 18.3 Å². The highest BCUT2D eigenvalue weighted by molar-refractivity contribution is 6.09. The van der Waals surface area contributed by atoms with Gasteiger partial charge in [-0.15, -0.1) is 0 Å². The highest BCUT2D eigenvalue weighted by Crippen LogP contribution is 2.25. The highest BCUT2D eigenvalue weighted by Gasteiger charge is 2.23. The van der Waals surface area contributed by atoms with Gasteiger partial charge in [-0.3, -0.25) is 14.4 Å². The summed E-state index contributed by atoms with van der Waals surface area (Å²) in [6.45, 7) is 1.94. The lowest BCUT2D eigenvalue weighted by Crippen LogP contribution is -2.17. The number of carboxylic acid groups (broad SMARTS) is 1. The number of Topliss-reactive ketones (excluding diaryl/α,β-unsaturated/α-hetero) is 1. The number of ketones is 2. The van der Waals surface area contributed by atoms with Crippen LogP contribution in [0.3, 0.4) is 0 Å². The van der Waals surface area contributed by atoms with Crippen molar-refractivity contribution >= 4 is 17.5 Å². The van der Waals surface area contributed by atoms with E-state index in [-0.39, 0.29) is 11.6 Å². The lowest BCUT2D eigenvalue weighted by molar-refractivity contribution is -0.140. The van der Waals surface area contributed by atoms with Crippen LogP contribution >= 0.6 is 0 Å². The molecule has 0 aromatic heterocycles. The molecular weight excluding hydrogens is 304 g/mol. The third kappa shape index (κ3) is 4.38. The van der Waals surface area contributed by atoms with Crippen LogP contribution in [0.15, 0.2) is 54.6 Å². The van der Waals surface area contributed by atoms with Gasteiger partial charge in [-0.25, -0.2) is 0 Å². The zero-order chi connectivity index (χ0) is 17.5. The van der Waals surface area contributed by atoms with Crippen LogP contribution in [0.25, 0.3) is 0 Å². The largest absolute Gasteiger partial charge is 0.481 e. The van der Waals surface area contributed by atoms with Gasteiger partial charge in [-0.2, -0.15) is 0 Å². The van der Waals surface area contributed by atoms with Crippen molar-refractivity contribution in [3.05, 3.63) is 71.3 Å². The first-order valence-electron chi connectivity index (χ1n) is 7.97. The molecule has 0 spiro atoms. The van der Waals surface area contributed by atoms with Crippen molar-refractivity contribution in [2.24, 2.45) is 0 Å². The second-order valence-corrected chi connectivity index (χ2v) is 5.70. The van der Waals surface area contributed by atoms with E-state index in [0.717, 1.165) is 6.42 Å². The molecule has 0 amide bonds. The Bertz CT molecular complexity index is 734. The van der Waals surface area contributed by atoms with Crippen LogP contribution in [0.1, 0.15) is 53.6 Å². The standard InChI is InChI=1S/C20H20O4/c1-2-7-17(18(21)13-19(22)23)15-10-6-11-16(12-15)20(24)14-8-4-3-5-9-14/h3-6,8-12,17H,2,7,13H2,1H3,(H,22,23). The van der Waals surface area contributed by atoms with Crippen LogP contribution in [-0.2, 0) is 9.59 Å². The molecule has 4 nitrogen and oxygen atoms in total. The fourth-order valence-corrected chi connectivity index (χ4v) is 2.73. The molecule has 2 aromatic rings. The minimum absolute atomic E-state index is 0.113. The van der Waals surface area contributed by atoms with Crippen molar-refractivity contribution < 1.29 is 19.5 Å². The maximum absolute atomic E-state index is 12.5. The number of carboxylic acids is 1. The van der Waals surface area contributed by atoms with E-state index in [0.29, 0.717) is 23.1 Å². The molecule has 2 rings (SSSR count). The molecule has 124 valence electrons. The van der Waals surface area contributed by atoms with Gasteiger partial charge in [0.25, 0.3) is 0 Å². The Morgan fingerprint density at radius 2 is 1.62 bits per heavy atom. The molecule has 0 bridgehead atoms. The average Bonchev–Trinajstić information content (AvgIpc) is 2.59. The van der Waals surface area contributed by atoms with E-state index in [1.165, 1.54) is 0 Å². The number of hydrogen-bond donors (Lipinski definition) is 1. The van der Waals surface area contributed by atoms with Gasteiger partial charge >= 0.3 is 5.97 Å². The fraction of sp³-hybridized carbons (Fsp3) is 0.250. The molecule has 1 unspecified atom stereocenters. The van der Waals surface area contributed by atoms with E-state index in [1.54, 1.807) is 48.5 Å². The molecule has 4 heteroatoms. The normalized spacial score (nSPS) is 11.7. The molecule has 0 saturated heterocycles. The molecule has 0 saturated carbocycles. The summed E-state index contributed by atoms with van der Waals surface area (Å²) in [6.07, 6.45) is 0.823. The number of benzene rings is 2. The molecule has 1 atom stereocenters. The van der Waals surface area contributed by atoms with Crippen molar-refractivity contribution in [3.8, 4) is 0 Å². The molecule has 2 aromatic carbocycles. The summed E-state index contributed by atoms with van der Waals surface area (Å²) in [5.41, 5.74) is 1.78. The first-order valence-corrected chi connectivity index (χ1v) is 7.97. The van der Waals surface area contributed by atoms with Gasteiger partial charge in [0, 0.05) is 17.0 Å². The molecule has 0 fully saturated rings. The zero-order valence-corrected chi connectivity index (χ0v) is 13.6. The Kier molecular flexibility index (Phi) is 6.01. The van der Waals surface area contributed by atoms with Crippen LogP contribution in [0, 0.1) is 0 Å². The van der Waals surface area contributed by atoms with E-state index >= 15 is 0 Å². The van der Waals surface area contributed by atoms with Gasteiger partial charge in [-0.1, -0.05) is 61.9 Å². The maximum Gasteiger partial charge on any atom is 0.310 e. The highest BCUT2D eigenvalue weighted by atomic mass is 16.4. The maximum atomic E-state index is 12.5. The molecule has 0 aliphatic heterocycles. The Balaban J connectivity index is 2.31. The van der Waals surface area contributed by atoms with Crippen molar-refractivity contribution in [2.75, 3.05) is 0 Å². The van der Waals surface area contributed by atoms with Crippen LogP contribution in [-0.4, -0.2) is 22.6 Å². The minimum Gasteiger partial charge on any atom is -0.481 e. The third-order valence-electron chi connectivity index (χ3n) is 3.88. The Hall–Kier alpha value is -2.75. The Morgan fingerprint density at radius 3 is 2.25 bits per heavy atom. The predicted octanol–water partition coefficient (Wildman–Crippen LogP) is 3.85. The quantitative estimate of drug-likeness (QED) is 0.591. The number of carbonyl (C=O) groups is 3. The summed E-state index contributed by atoms with van der Waals surface area (Å²) in [4.78, 5) is 35.6. The predicted molar refractivity (Wildman–Crippen MR) is 91.2 cm³/mol. The molecule has 24 heavy (non-hydrogen) atoms. The number of carbonyl (C=O) groups excluding carboxylic acids is 2. The summed E-state index contributed by atoms with van der Waals surface area (Å²) < 4.78 is 0. The van der Waals surface area contributed by atoms with Crippen LogP contribution < -0.4 is 0 Å². The van der Waals surface area contributed by atoms with Gasteiger partial charge in [0.2, 0.25) is 0 Å². The first kappa shape index (κ1) is 17.6. The van der Waals surface area contributed by atoms with Crippen molar-refractivity contribution in [3.63, 3.8) is 0 Å². The molecular formula is C20H20O4. The topological polar surface area (TPSA) is 71.4 Å². The smallest absolute Gasteiger partial charge is 0.310 e. The van der Waals surface area contributed by atoms with Crippen molar-refractivity contribution in [2.45, 2.75) is 32.1 Å². The number of hydrogen-bond acceptors (Lipinski definition) is 3. The summed E-state index contributed by atoms with van der Waals surface area (Å²) in [5.74, 6) is -2.06. The van der Waals surface area contributed by atoms with Gasteiger partial charge in [0.05, 0.1) is 0 Å². The van der Waals surface area contributed by atoms with Crippen molar-refractivity contribution in [1.29, 1.82) is 0 Å². The van der Waals surface area contributed by atoms with Crippen LogP contribution in [0.4, 0.5) is 0 Å². The fourth-order valence-electron chi connectivity index (χ4n) is 2.73. The lowest BCUT2D eigenvalue weighted by atomic mass is 9.87. The minimum atomic E-state index is -1.13.